The van der Waals surface area contributed by atoms with Crippen LogP contribution in [-0.2, 0) is 10.0 Å². The van der Waals surface area contributed by atoms with E-state index in [1.54, 1.807) is 20.8 Å². The van der Waals surface area contributed by atoms with Crippen LogP contribution in [0.5, 0.6) is 0 Å². The highest BCUT2D eigenvalue weighted by molar-refractivity contribution is 7.90. The molecule has 0 spiro atoms. The van der Waals surface area contributed by atoms with Crippen LogP contribution < -0.4 is 4.72 Å². The summed E-state index contributed by atoms with van der Waals surface area (Å²) in [6.07, 6.45) is 3.38. The molecule has 1 fully saturated rings. The fraction of sp³-hybridized carbons (Fsp3) is 1.00. The first kappa shape index (κ1) is 14.3. The number of sulfonamides is 1. The Morgan fingerprint density at radius 1 is 1.25 bits per heavy atom. The van der Waals surface area contributed by atoms with E-state index in [0.717, 1.165) is 12.8 Å². The van der Waals surface area contributed by atoms with E-state index in [2.05, 4.69) is 4.72 Å². The van der Waals surface area contributed by atoms with Crippen molar-refractivity contribution in [1.29, 1.82) is 0 Å². The molecule has 5 heteroatoms. The predicted octanol–water partition coefficient (Wildman–Crippen LogP) is 2.36. The molecule has 96 valence electrons. The van der Waals surface area contributed by atoms with E-state index in [1.807, 2.05) is 0 Å². The normalized spacial score (nSPS) is 27.2. The summed E-state index contributed by atoms with van der Waals surface area (Å²) in [6, 6.07) is 0. The zero-order chi connectivity index (χ0) is 12.4. The first-order valence-electron chi connectivity index (χ1n) is 5.83. The second-order valence-corrected chi connectivity index (χ2v) is 8.40. The van der Waals surface area contributed by atoms with Gasteiger partial charge in [-0.05, 0) is 45.4 Å². The van der Waals surface area contributed by atoms with E-state index in [4.69, 9.17) is 11.6 Å². The van der Waals surface area contributed by atoms with Crippen LogP contribution in [0.25, 0.3) is 0 Å². The minimum atomic E-state index is -3.21. The Bertz CT molecular complexity index is 321. The van der Waals surface area contributed by atoms with E-state index in [0.29, 0.717) is 24.3 Å². The van der Waals surface area contributed by atoms with Crippen molar-refractivity contribution in [2.24, 2.45) is 11.8 Å². The number of halogens is 1. The van der Waals surface area contributed by atoms with Crippen LogP contribution in [0.3, 0.4) is 0 Å². The Kier molecular flexibility index (Phi) is 4.66. The van der Waals surface area contributed by atoms with Crippen molar-refractivity contribution >= 4 is 21.6 Å². The summed E-state index contributed by atoms with van der Waals surface area (Å²) in [5, 5.41) is 0. The van der Waals surface area contributed by atoms with Crippen molar-refractivity contribution < 1.29 is 8.42 Å². The van der Waals surface area contributed by atoms with Gasteiger partial charge in [0.05, 0.1) is 4.75 Å². The van der Waals surface area contributed by atoms with Gasteiger partial charge >= 0.3 is 0 Å². The molecule has 0 aromatic carbocycles. The Morgan fingerprint density at radius 3 is 2.31 bits per heavy atom. The fourth-order valence-corrected chi connectivity index (χ4v) is 3.29. The molecule has 1 N–H and O–H groups in total. The number of hydrogen-bond acceptors (Lipinski definition) is 2. The molecule has 0 amide bonds. The Morgan fingerprint density at radius 2 is 1.81 bits per heavy atom. The summed E-state index contributed by atoms with van der Waals surface area (Å²) in [5.74, 6) is 1.53. The third-order valence-electron chi connectivity index (χ3n) is 3.36. The number of nitrogens with one attached hydrogen (secondary N) is 1. The van der Waals surface area contributed by atoms with Gasteiger partial charge < -0.3 is 0 Å². The van der Waals surface area contributed by atoms with Crippen molar-refractivity contribution in [3.8, 4) is 0 Å². The Labute approximate surface area is 104 Å². The molecule has 3 nitrogen and oxygen atoms in total. The van der Waals surface area contributed by atoms with Crippen LogP contribution in [0, 0.1) is 11.8 Å². The molecular formula is C11H22ClNO2S. The van der Waals surface area contributed by atoms with E-state index < -0.39 is 14.8 Å². The molecule has 1 aliphatic rings. The topological polar surface area (TPSA) is 46.2 Å². The van der Waals surface area contributed by atoms with E-state index >= 15 is 0 Å². The third kappa shape index (κ3) is 3.34. The minimum absolute atomic E-state index is 0.412. The van der Waals surface area contributed by atoms with Crippen LogP contribution in [0.1, 0.15) is 40.0 Å². The van der Waals surface area contributed by atoms with Gasteiger partial charge in [-0.15, -0.1) is 11.6 Å². The number of hydrogen-bond donors (Lipinski definition) is 1. The molecule has 1 aliphatic carbocycles. The summed E-state index contributed by atoms with van der Waals surface area (Å²) in [7, 11) is -3.21. The predicted molar refractivity (Wildman–Crippen MR) is 68.2 cm³/mol. The molecule has 0 heterocycles. The summed E-state index contributed by atoms with van der Waals surface area (Å²) < 4.78 is 25.7. The van der Waals surface area contributed by atoms with Crippen molar-refractivity contribution in [3.63, 3.8) is 0 Å². The lowest BCUT2D eigenvalue weighted by molar-refractivity contribution is 0.415. The fourth-order valence-electron chi connectivity index (χ4n) is 2.02. The van der Waals surface area contributed by atoms with Crippen LogP contribution in [0.2, 0.25) is 0 Å². The second-order valence-electron chi connectivity index (χ2n) is 5.57. The van der Waals surface area contributed by atoms with Gasteiger partial charge in [-0.3, -0.25) is 0 Å². The lowest BCUT2D eigenvalue weighted by atomic mass is 9.98. The third-order valence-corrected chi connectivity index (χ3v) is 5.91. The maximum atomic E-state index is 11.9. The molecule has 16 heavy (non-hydrogen) atoms. The number of alkyl halides is 1. The summed E-state index contributed by atoms with van der Waals surface area (Å²) in [4.78, 5) is 0. The maximum Gasteiger partial charge on any atom is 0.216 e. The quantitative estimate of drug-likeness (QED) is 0.795. The summed E-state index contributed by atoms with van der Waals surface area (Å²) in [5.41, 5.74) is 0. The molecule has 2 unspecified atom stereocenters. The molecule has 1 saturated carbocycles. The summed E-state index contributed by atoms with van der Waals surface area (Å²) in [6.45, 7) is 5.67. The molecule has 0 radical (unpaired) electrons. The molecule has 0 aromatic rings. The van der Waals surface area contributed by atoms with Crippen LogP contribution in [0.4, 0.5) is 0 Å². The highest BCUT2D eigenvalue weighted by Crippen LogP contribution is 2.32. The molecule has 1 rings (SSSR count). The Hall–Kier alpha value is 0.200. The average Bonchev–Trinajstić information content (AvgIpc) is 2.60. The van der Waals surface area contributed by atoms with Gasteiger partial charge in [-0.1, -0.05) is 6.42 Å². The van der Waals surface area contributed by atoms with Crippen LogP contribution in [0.15, 0.2) is 0 Å². The van der Waals surface area contributed by atoms with Crippen molar-refractivity contribution in [2.45, 2.75) is 44.8 Å². The van der Waals surface area contributed by atoms with E-state index in [-0.39, 0.29) is 0 Å². The smallest absolute Gasteiger partial charge is 0.214 e. The molecular weight excluding hydrogens is 246 g/mol. The molecule has 0 bridgehead atoms. The first-order valence-corrected chi connectivity index (χ1v) is 7.85. The standard InChI is InChI=1S/C11H22ClNO2S/c1-11(2,3)16(14,15)13-8-10-6-4-5-9(10)7-12/h9-10,13H,4-8H2,1-3H3. The van der Waals surface area contributed by atoms with Crippen molar-refractivity contribution in [2.75, 3.05) is 12.4 Å². The van der Waals surface area contributed by atoms with E-state index in [9.17, 15) is 8.42 Å². The highest BCUT2D eigenvalue weighted by Gasteiger charge is 2.32. The maximum absolute atomic E-state index is 11.9. The minimum Gasteiger partial charge on any atom is -0.214 e. The van der Waals surface area contributed by atoms with Gasteiger partial charge in [0.1, 0.15) is 0 Å². The SMILES string of the molecule is CC(C)(C)S(=O)(=O)NCC1CCCC1CCl. The molecule has 0 aliphatic heterocycles. The highest BCUT2D eigenvalue weighted by atomic mass is 35.5. The lowest BCUT2D eigenvalue weighted by Crippen LogP contribution is -2.42. The van der Waals surface area contributed by atoms with Gasteiger partial charge in [0.25, 0.3) is 0 Å². The van der Waals surface area contributed by atoms with Crippen molar-refractivity contribution in [1.82, 2.24) is 4.72 Å². The molecule has 0 aromatic heterocycles. The zero-order valence-corrected chi connectivity index (χ0v) is 11.9. The average molecular weight is 268 g/mol. The first-order chi connectivity index (χ1) is 7.28. The molecule has 0 saturated heterocycles. The van der Waals surface area contributed by atoms with Crippen LogP contribution in [-0.4, -0.2) is 25.6 Å². The van der Waals surface area contributed by atoms with Gasteiger partial charge in [0.15, 0.2) is 0 Å². The second kappa shape index (κ2) is 5.23. The van der Waals surface area contributed by atoms with E-state index in [1.165, 1.54) is 6.42 Å². The monoisotopic (exact) mass is 267 g/mol. The van der Waals surface area contributed by atoms with Crippen molar-refractivity contribution in [3.05, 3.63) is 0 Å². The van der Waals surface area contributed by atoms with Gasteiger partial charge in [0, 0.05) is 12.4 Å². The molecule has 2 atom stereocenters. The summed E-state index contributed by atoms with van der Waals surface area (Å²) >= 11 is 5.87. The number of rotatable bonds is 4. The van der Waals surface area contributed by atoms with Gasteiger partial charge in [-0.2, -0.15) is 0 Å². The largest absolute Gasteiger partial charge is 0.216 e. The van der Waals surface area contributed by atoms with Gasteiger partial charge in [-0.25, -0.2) is 13.1 Å². The lowest BCUT2D eigenvalue weighted by Gasteiger charge is -2.23. The van der Waals surface area contributed by atoms with Gasteiger partial charge in [0.2, 0.25) is 10.0 Å². The Balaban J connectivity index is 2.52. The van der Waals surface area contributed by atoms with Crippen LogP contribution >= 0.6 is 11.6 Å². The zero-order valence-electron chi connectivity index (χ0n) is 10.3.